The Morgan fingerprint density at radius 1 is 1.19 bits per heavy atom. The number of ether oxygens (including phenoxy) is 1. The van der Waals surface area contributed by atoms with Crippen LogP contribution in [0.15, 0.2) is 40.9 Å². The lowest BCUT2D eigenvalue weighted by molar-refractivity contribution is 0.299. The predicted molar refractivity (Wildman–Crippen MR) is 82.3 cm³/mol. The van der Waals surface area contributed by atoms with Crippen molar-refractivity contribution in [3.63, 3.8) is 0 Å². The summed E-state index contributed by atoms with van der Waals surface area (Å²) >= 11 is 3.45. The minimum absolute atomic E-state index is 0.0745. The van der Waals surface area contributed by atoms with Crippen LogP contribution in [0.1, 0.15) is 16.7 Å². The van der Waals surface area contributed by atoms with Crippen LogP contribution < -0.4 is 10.5 Å². The zero-order valence-corrected chi connectivity index (χ0v) is 12.9. The van der Waals surface area contributed by atoms with Gasteiger partial charge in [-0.1, -0.05) is 15.9 Å². The molecule has 2 aromatic carbocycles. The molecule has 0 saturated carbocycles. The largest absolute Gasteiger partial charge is 0.489 e. The molecular formula is C16H14BrFN2O. The molecule has 0 radical (unpaired) electrons. The number of rotatable bonds is 5. The van der Waals surface area contributed by atoms with Crippen molar-refractivity contribution in [3.8, 4) is 11.8 Å². The van der Waals surface area contributed by atoms with Crippen LogP contribution in [0.2, 0.25) is 0 Å². The molecule has 0 aromatic heterocycles. The van der Waals surface area contributed by atoms with E-state index < -0.39 is 0 Å². The first kappa shape index (κ1) is 15.5. The summed E-state index contributed by atoms with van der Waals surface area (Å²) in [5.74, 6) is 0.261. The Hall–Kier alpha value is -1.90. The minimum atomic E-state index is -0.381. The molecule has 0 atom stereocenters. The van der Waals surface area contributed by atoms with Crippen LogP contribution in [0.4, 0.5) is 4.39 Å². The van der Waals surface area contributed by atoms with Crippen LogP contribution in [0.3, 0.4) is 0 Å². The van der Waals surface area contributed by atoms with Gasteiger partial charge in [0.25, 0.3) is 0 Å². The topological polar surface area (TPSA) is 59.0 Å². The van der Waals surface area contributed by atoms with Crippen LogP contribution in [-0.4, -0.2) is 6.54 Å². The van der Waals surface area contributed by atoms with Gasteiger partial charge in [0.2, 0.25) is 0 Å². The van der Waals surface area contributed by atoms with Gasteiger partial charge in [0, 0.05) is 10.0 Å². The van der Waals surface area contributed by atoms with Crippen molar-refractivity contribution in [1.82, 2.24) is 0 Å². The fourth-order valence-electron chi connectivity index (χ4n) is 1.90. The van der Waals surface area contributed by atoms with E-state index in [0.29, 0.717) is 23.4 Å². The van der Waals surface area contributed by atoms with E-state index in [-0.39, 0.29) is 12.4 Å². The lowest BCUT2D eigenvalue weighted by Gasteiger charge is -2.10. The summed E-state index contributed by atoms with van der Waals surface area (Å²) in [5, 5.41) is 8.83. The maximum atomic E-state index is 13.7. The number of hydrogen-bond donors (Lipinski definition) is 1. The SMILES string of the molecule is N#Cc1ccc(F)c(COc2ccc(Br)c(CCN)c2)c1. The standard InChI is InChI=1S/C16H14BrFN2O/c17-15-3-2-14(8-12(15)5-6-19)21-10-13-7-11(9-20)1-4-16(13)18/h1-4,7-8H,5-6,10,19H2. The van der Waals surface area contributed by atoms with Gasteiger partial charge in [0.15, 0.2) is 0 Å². The van der Waals surface area contributed by atoms with E-state index in [2.05, 4.69) is 15.9 Å². The van der Waals surface area contributed by atoms with Gasteiger partial charge in [-0.05, 0) is 54.9 Å². The summed E-state index contributed by atoms with van der Waals surface area (Å²) in [6.07, 6.45) is 0.732. The molecule has 0 fully saturated rings. The van der Waals surface area contributed by atoms with E-state index in [0.717, 1.165) is 16.5 Å². The van der Waals surface area contributed by atoms with Crippen molar-refractivity contribution in [2.24, 2.45) is 5.73 Å². The molecule has 21 heavy (non-hydrogen) atoms. The smallest absolute Gasteiger partial charge is 0.129 e. The Morgan fingerprint density at radius 2 is 2.00 bits per heavy atom. The molecule has 0 aliphatic rings. The monoisotopic (exact) mass is 348 g/mol. The number of nitrogens with zero attached hydrogens (tertiary/aromatic N) is 1. The first-order valence-corrected chi connectivity index (χ1v) is 7.23. The highest BCUT2D eigenvalue weighted by Crippen LogP contribution is 2.24. The molecule has 0 aliphatic heterocycles. The average Bonchev–Trinajstić information content (AvgIpc) is 2.49. The highest BCUT2D eigenvalue weighted by Gasteiger charge is 2.06. The fraction of sp³-hybridized carbons (Fsp3) is 0.188. The maximum Gasteiger partial charge on any atom is 0.129 e. The molecule has 108 valence electrons. The summed E-state index contributed by atoms with van der Waals surface area (Å²) < 4.78 is 20.2. The van der Waals surface area contributed by atoms with Crippen LogP contribution in [0.25, 0.3) is 0 Å². The number of benzene rings is 2. The Labute approximate surface area is 131 Å². The second kappa shape index (κ2) is 7.21. The van der Waals surface area contributed by atoms with E-state index >= 15 is 0 Å². The molecule has 2 aromatic rings. The average molecular weight is 349 g/mol. The van der Waals surface area contributed by atoms with Crippen molar-refractivity contribution in [3.05, 3.63) is 63.4 Å². The summed E-state index contributed by atoms with van der Waals surface area (Å²) in [7, 11) is 0. The van der Waals surface area contributed by atoms with E-state index in [9.17, 15) is 4.39 Å². The third-order valence-corrected chi connectivity index (χ3v) is 3.77. The van der Waals surface area contributed by atoms with Gasteiger partial charge in [0.1, 0.15) is 18.2 Å². The number of hydrogen-bond acceptors (Lipinski definition) is 3. The van der Waals surface area contributed by atoms with Gasteiger partial charge in [-0.3, -0.25) is 0 Å². The van der Waals surface area contributed by atoms with Gasteiger partial charge < -0.3 is 10.5 Å². The van der Waals surface area contributed by atoms with E-state index in [1.54, 1.807) is 6.07 Å². The molecule has 0 saturated heterocycles. The Morgan fingerprint density at radius 3 is 2.71 bits per heavy atom. The fourth-order valence-corrected chi connectivity index (χ4v) is 2.35. The molecule has 2 N–H and O–H groups in total. The first-order chi connectivity index (χ1) is 10.1. The molecule has 0 unspecified atom stereocenters. The maximum absolute atomic E-state index is 13.7. The van der Waals surface area contributed by atoms with Crippen LogP contribution >= 0.6 is 15.9 Å². The van der Waals surface area contributed by atoms with Crippen molar-refractivity contribution >= 4 is 15.9 Å². The Kier molecular flexibility index (Phi) is 5.32. The second-order valence-electron chi connectivity index (χ2n) is 4.50. The predicted octanol–water partition coefficient (Wildman–Crippen LogP) is 3.54. The van der Waals surface area contributed by atoms with Crippen LogP contribution in [-0.2, 0) is 13.0 Å². The lowest BCUT2D eigenvalue weighted by atomic mass is 10.1. The molecule has 2 rings (SSSR count). The van der Waals surface area contributed by atoms with E-state index in [1.165, 1.54) is 18.2 Å². The van der Waals surface area contributed by atoms with E-state index in [4.69, 9.17) is 15.7 Å². The minimum Gasteiger partial charge on any atom is -0.489 e. The highest BCUT2D eigenvalue weighted by molar-refractivity contribution is 9.10. The molecule has 0 aliphatic carbocycles. The molecule has 0 heterocycles. The van der Waals surface area contributed by atoms with Crippen molar-refractivity contribution < 1.29 is 9.13 Å². The second-order valence-corrected chi connectivity index (χ2v) is 5.35. The summed E-state index contributed by atoms with van der Waals surface area (Å²) in [4.78, 5) is 0. The lowest BCUT2D eigenvalue weighted by Crippen LogP contribution is -2.04. The molecule has 0 amide bonds. The van der Waals surface area contributed by atoms with Crippen molar-refractivity contribution in [1.29, 1.82) is 5.26 Å². The van der Waals surface area contributed by atoms with Crippen molar-refractivity contribution in [2.75, 3.05) is 6.54 Å². The quantitative estimate of drug-likeness (QED) is 0.898. The number of nitrogens with two attached hydrogens (primary N) is 1. The van der Waals surface area contributed by atoms with Gasteiger partial charge in [0.05, 0.1) is 11.6 Å². The third-order valence-electron chi connectivity index (χ3n) is 3.00. The zero-order chi connectivity index (χ0) is 15.2. The summed E-state index contributed by atoms with van der Waals surface area (Å²) in [6, 6.07) is 11.8. The molecule has 0 bridgehead atoms. The summed E-state index contributed by atoms with van der Waals surface area (Å²) in [6.45, 7) is 0.617. The molecular weight excluding hydrogens is 335 g/mol. The van der Waals surface area contributed by atoms with Gasteiger partial charge in [-0.25, -0.2) is 4.39 Å². The number of nitriles is 1. The Balaban J connectivity index is 2.13. The van der Waals surface area contributed by atoms with Gasteiger partial charge >= 0.3 is 0 Å². The third kappa shape index (κ3) is 4.03. The highest BCUT2D eigenvalue weighted by atomic mass is 79.9. The van der Waals surface area contributed by atoms with Crippen LogP contribution in [0.5, 0.6) is 5.75 Å². The molecule has 5 heteroatoms. The van der Waals surface area contributed by atoms with Gasteiger partial charge in [-0.2, -0.15) is 5.26 Å². The zero-order valence-electron chi connectivity index (χ0n) is 11.3. The normalized spacial score (nSPS) is 10.2. The molecule has 3 nitrogen and oxygen atoms in total. The summed E-state index contributed by atoms with van der Waals surface area (Å²) in [5.41, 5.74) is 7.37. The van der Waals surface area contributed by atoms with Crippen LogP contribution in [0, 0.1) is 17.1 Å². The van der Waals surface area contributed by atoms with E-state index in [1.807, 2.05) is 18.2 Å². The van der Waals surface area contributed by atoms with Gasteiger partial charge in [-0.15, -0.1) is 0 Å². The number of halogens is 2. The Bertz CT molecular complexity index is 682. The van der Waals surface area contributed by atoms with Crippen molar-refractivity contribution in [2.45, 2.75) is 13.0 Å². The molecule has 0 spiro atoms. The first-order valence-electron chi connectivity index (χ1n) is 6.44.